The first-order valence-corrected chi connectivity index (χ1v) is 5.99. The van der Waals surface area contributed by atoms with Gasteiger partial charge in [0.05, 0.1) is 12.2 Å². The van der Waals surface area contributed by atoms with Gasteiger partial charge in [-0.05, 0) is 26.3 Å². The van der Waals surface area contributed by atoms with Gasteiger partial charge in [-0.25, -0.2) is 0 Å². The van der Waals surface area contributed by atoms with Crippen LogP contribution >= 0.6 is 0 Å². The van der Waals surface area contributed by atoms with E-state index < -0.39 is 5.60 Å². The van der Waals surface area contributed by atoms with Gasteiger partial charge in [0, 0.05) is 18.5 Å². The van der Waals surface area contributed by atoms with Crippen molar-refractivity contribution in [2.24, 2.45) is 5.41 Å². The van der Waals surface area contributed by atoms with Gasteiger partial charge < -0.3 is 15.1 Å². The maximum absolute atomic E-state index is 10.7. The van der Waals surface area contributed by atoms with Crippen LogP contribution < -0.4 is 0 Å². The van der Waals surface area contributed by atoms with Crippen molar-refractivity contribution < 1.29 is 10.2 Å². The molecule has 15 heavy (non-hydrogen) atoms. The van der Waals surface area contributed by atoms with Gasteiger partial charge in [0.25, 0.3) is 0 Å². The molecule has 1 unspecified atom stereocenters. The van der Waals surface area contributed by atoms with Gasteiger partial charge in [0.15, 0.2) is 0 Å². The minimum atomic E-state index is -0.676. The Labute approximate surface area is 93.1 Å². The summed E-state index contributed by atoms with van der Waals surface area (Å²) in [4.78, 5) is 2.23. The Balaban J connectivity index is 2.73. The van der Waals surface area contributed by atoms with Crippen LogP contribution in [-0.4, -0.2) is 47.5 Å². The summed E-state index contributed by atoms with van der Waals surface area (Å²) in [7, 11) is 2.08. The molecule has 0 saturated carbocycles. The molecule has 0 aliphatic carbocycles. The summed E-state index contributed by atoms with van der Waals surface area (Å²) in [5.41, 5.74) is -1.01. The fraction of sp³-hybridized carbons (Fsp3) is 1.00. The minimum Gasteiger partial charge on any atom is -0.396 e. The van der Waals surface area contributed by atoms with E-state index in [9.17, 15) is 10.2 Å². The summed E-state index contributed by atoms with van der Waals surface area (Å²) in [5, 5.41) is 20.2. The van der Waals surface area contributed by atoms with Crippen LogP contribution in [0.4, 0.5) is 0 Å². The number of piperidine rings is 1. The Morgan fingerprint density at radius 2 is 1.87 bits per heavy atom. The van der Waals surface area contributed by atoms with E-state index in [1.807, 2.05) is 6.92 Å². The fourth-order valence-corrected chi connectivity index (χ4v) is 2.60. The molecule has 1 heterocycles. The molecule has 0 spiro atoms. The van der Waals surface area contributed by atoms with Crippen molar-refractivity contribution in [3.63, 3.8) is 0 Å². The standard InChI is InChI=1S/C12H25NO2/c1-4-5-11(2,10-14)12(15)6-8-13(3)9-7-12/h14-15H,4-10H2,1-3H3. The maximum atomic E-state index is 10.7. The van der Waals surface area contributed by atoms with Gasteiger partial charge in [0.1, 0.15) is 0 Å². The number of aliphatic hydroxyl groups excluding tert-OH is 1. The quantitative estimate of drug-likeness (QED) is 0.741. The van der Waals surface area contributed by atoms with Crippen LogP contribution in [0.25, 0.3) is 0 Å². The smallest absolute Gasteiger partial charge is 0.0747 e. The van der Waals surface area contributed by atoms with Crippen molar-refractivity contribution in [3.05, 3.63) is 0 Å². The lowest BCUT2D eigenvalue weighted by atomic mass is 9.66. The maximum Gasteiger partial charge on any atom is 0.0747 e. The first-order chi connectivity index (χ1) is 6.97. The summed E-state index contributed by atoms with van der Waals surface area (Å²) >= 11 is 0. The Kier molecular flexibility index (Phi) is 4.15. The number of hydrogen-bond acceptors (Lipinski definition) is 3. The molecule has 1 rings (SSSR count). The normalized spacial score (nSPS) is 26.2. The zero-order chi connectivity index (χ0) is 11.5. The summed E-state index contributed by atoms with van der Waals surface area (Å²) in [6.07, 6.45) is 3.46. The van der Waals surface area contributed by atoms with E-state index in [2.05, 4.69) is 18.9 Å². The lowest BCUT2D eigenvalue weighted by Gasteiger charge is -2.48. The van der Waals surface area contributed by atoms with E-state index in [1.54, 1.807) is 0 Å². The highest BCUT2D eigenvalue weighted by Gasteiger charge is 2.46. The molecule has 0 radical (unpaired) electrons. The third-order valence-corrected chi connectivity index (χ3v) is 4.09. The van der Waals surface area contributed by atoms with E-state index in [0.29, 0.717) is 0 Å². The zero-order valence-corrected chi connectivity index (χ0v) is 10.3. The molecule has 0 amide bonds. The highest BCUT2D eigenvalue weighted by Crippen LogP contribution is 2.42. The molecular formula is C12H25NO2. The van der Waals surface area contributed by atoms with Crippen molar-refractivity contribution in [1.29, 1.82) is 0 Å². The number of hydrogen-bond donors (Lipinski definition) is 2. The van der Waals surface area contributed by atoms with Gasteiger partial charge >= 0.3 is 0 Å². The van der Waals surface area contributed by atoms with Gasteiger partial charge in [-0.1, -0.05) is 20.3 Å². The van der Waals surface area contributed by atoms with E-state index in [0.717, 1.165) is 38.8 Å². The lowest BCUT2D eigenvalue weighted by molar-refractivity contribution is -0.133. The predicted molar refractivity (Wildman–Crippen MR) is 61.8 cm³/mol. The number of nitrogens with zero attached hydrogens (tertiary/aromatic N) is 1. The fourth-order valence-electron chi connectivity index (χ4n) is 2.60. The van der Waals surface area contributed by atoms with Crippen molar-refractivity contribution in [2.45, 2.75) is 45.1 Å². The van der Waals surface area contributed by atoms with Crippen LogP contribution in [-0.2, 0) is 0 Å². The molecule has 3 heteroatoms. The molecule has 0 bridgehead atoms. The molecule has 0 aromatic carbocycles. The van der Waals surface area contributed by atoms with Gasteiger partial charge in [-0.3, -0.25) is 0 Å². The molecule has 1 saturated heterocycles. The van der Waals surface area contributed by atoms with Crippen LogP contribution in [0, 0.1) is 5.41 Å². The molecule has 0 aromatic heterocycles. The first-order valence-electron chi connectivity index (χ1n) is 5.99. The zero-order valence-electron chi connectivity index (χ0n) is 10.3. The predicted octanol–water partition coefficient (Wildman–Crippen LogP) is 1.24. The molecule has 0 aromatic rings. The highest BCUT2D eigenvalue weighted by atomic mass is 16.3. The average molecular weight is 215 g/mol. The van der Waals surface area contributed by atoms with Crippen LogP contribution in [0.15, 0.2) is 0 Å². The second kappa shape index (κ2) is 4.81. The Hall–Kier alpha value is -0.120. The third-order valence-electron chi connectivity index (χ3n) is 4.09. The lowest BCUT2D eigenvalue weighted by Crippen LogP contribution is -2.54. The Morgan fingerprint density at radius 1 is 1.33 bits per heavy atom. The Morgan fingerprint density at radius 3 is 2.27 bits per heavy atom. The molecule has 3 nitrogen and oxygen atoms in total. The largest absolute Gasteiger partial charge is 0.396 e. The van der Waals surface area contributed by atoms with Crippen molar-refractivity contribution in [3.8, 4) is 0 Å². The summed E-state index contributed by atoms with van der Waals surface area (Å²) in [6.45, 7) is 6.06. The number of rotatable bonds is 4. The Bertz CT molecular complexity index is 200. The van der Waals surface area contributed by atoms with Crippen LogP contribution in [0.1, 0.15) is 39.5 Å². The summed E-state index contributed by atoms with van der Waals surface area (Å²) in [5.74, 6) is 0. The van der Waals surface area contributed by atoms with Crippen LogP contribution in [0.5, 0.6) is 0 Å². The molecular weight excluding hydrogens is 190 g/mol. The second-order valence-corrected chi connectivity index (χ2v) is 5.30. The van der Waals surface area contributed by atoms with E-state index in [1.165, 1.54) is 0 Å². The number of aliphatic hydroxyl groups is 2. The molecule has 1 aliphatic rings. The van der Waals surface area contributed by atoms with Crippen LogP contribution in [0.3, 0.4) is 0 Å². The van der Waals surface area contributed by atoms with Gasteiger partial charge in [0.2, 0.25) is 0 Å². The van der Waals surface area contributed by atoms with Crippen molar-refractivity contribution in [2.75, 3.05) is 26.7 Å². The van der Waals surface area contributed by atoms with Gasteiger partial charge in [-0.15, -0.1) is 0 Å². The van der Waals surface area contributed by atoms with Crippen molar-refractivity contribution >= 4 is 0 Å². The highest BCUT2D eigenvalue weighted by molar-refractivity contribution is 4.98. The molecule has 1 fully saturated rings. The SMILES string of the molecule is CCCC(C)(CO)C1(O)CCN(C)CC1. The topological polar surface area (TPSA) is 43.7 Å². The van der Waals surface area contributed by atoms with Gasteiger partial charge in [-0.2, -0.15) is 0 Å². The first kappa shape index (κ1) is 12.9. The average Bonchev–Trinajstić information content (AvgIpc) is 2.23. The monoisotopic (exact) mass is 215 g/mol. The minimum absolute atomic E-state index is 0.0844. The molecule has 2 N–H and O–H groups in total. The summed E-state index contributed by atoms with van der Waals surface area (Å²) < 4.78 is 0. The molecule has 90 valence electrons. The van der Waals surface area contributed by atoms with Crippen molar-refractivity contribution in [1.82, 2.24) is 4.90 Å². The second-order valence-electron chi connectivity index (χ2n) is 5.30. The van der Waals surface area contributed by atoms with E-state index in [-0.39, 0.29) is 12.0 Å². The third kappa shape index (κ3) is 2.52. The van der Waals surface area contributed by atoms with E-state index >= 15 is 0 Å². The van der Waals surface area contributed by atoms with Crippen LogP contribution in [0.2, 0.25) is 0 Å². The van der Waals surface area contributed by atoms with E-state index in [4.69, 9.17) is 0 Å². The summed E-state index contributed by atoms with van der Waals surface area (Å²) in [6, 6.07) is 0. The number of likely N-dealkylation sites (tertiary alicyclic amines) is 1. The molecule has 1 atom stereocenters. The molecule has 1 aliphatic heterocycles.